The first-order chi connectivity index (χ1) is 11.1. The number of benzene rings is 2. The fourth-order valence-corrected chi connectivity index (χ4v) is 3.50. The van der Waals surface area contributed by atoms with Gasteiger partial charge in [0.15, 0.2) is 0 Å². The zero-order valence-corrected chi connectivity index (χ0v) is 15.6. The molecule has 0 aliphatic carbocycles. The van der Waals surface area contributed by atoms with E-state index >= 15 is 0 Å². The number of amides is 1. The molecule has 2 aromatic rings. The lowest BCUT2D eigenvalue weighted by Crippen LogP contribution is -2.23. The highest BCUT2D eigenvalue weighted by molar-refractivity contribution is 7.89. The Morgan fingerprint density at radius 1 is 1.12 bits per heavy atom. The molecule has 5 nitrogen and oxygen atoms in total. The molecule has 0 aliphatic rings. The van der Waals surface area contributed by atoms with Crippen molar-refractivity contribution in [2.75, 3.05) is 19.4 Å². The first-order valence-electron chi connectivity index (χ1n) is 6.93. The van der Waals surface area contributed by atoms with Crippen LogP contribution in [0, 0.1) is 6.92 Å². The van der Waals surface area contributed by atoms with Crippen molar-refractivity contribution in [2.24, 2.45) is 0 Å². The Bertz CT molecular complexity index is 896. The fourth-order valence-electron chi connectivity index (χ4n) is 2.01. The molecule has 0 spiro atoms. The Hall–Kier alpha value is -1.60. The number of carbonyl (C=O) groups is 1. The molecule has 0 unspecified atom stereocenters. The van der Waals surface area contributed by atoms with Crippen LogP contribution < -0.4 is 5.32 Å². The first kappa shape index (κ1) is 18.7. The summed E-state index contributed by atoms with van der Waals surface area (Å²) < 4.78 is 25.8. The number of hydrogen-bond donors (Lipinski definition) is 1. The van der Waals surface area contributed by atoms with Gasteiger partial charge >= 0.3 is 0 Å². The van der Waals surface area contributed by atoms with Crippen molar-refractivity contribution in [3.63, 3.8) is 0 Å². The van der Waals surface area contributed by atoms with Crippen LogP contribution in [0.4, 0.5) is 5.69 Å². The Morgan fingerprint density at radius 3 is 2.42 bits per heavy atom. The van der Waals surface area contributed by atoms with E-state index in [-0.39, 0.29) is 15.5 Å². The number of aryl methyl sites for hydroxylation is 1. The molecule has 2 aromatic carbocycles. The number of hydrogen-bond acceptors (Lipinski definition) is 3. The van der Waals surface area contributed by atoms with Gasteiger partial charge in [-0.15, -0.1) is 0 Å². The first-order valence-corrected chi connectivity index (χ1v) is 9.12. The van der Waals surface area contributed by atoms with E-state index < -0.39 is 15.9 Å². The Balaban J connectivity index is 2.40. The third-order valence-corrected chi connectivity index (χ3v) is 6.18. The van der Waals surface area contributed by atoms with Crippen molar-refractivity contribution in [3.05, 3.63) is 57.6 Å². The van der Waals surface area contributed by atoms with E-state index in [0.717, 1.165) is 4.31 Å². The van der Waals surface area contributed by atoms with E-state index in [2.05, 4.69) is 5.32 Å². The number of carbonyl (C=O) groups excluding carboxylic acids is 1. The molecule has 24 heavy (non-hydrogen) atoms. The second-order valence-electron chi connectivity index (χ2n) is 5.32. The maximum absolute atomic E-state index is 12.4. The van der Waals surface area contributed by atoms with E-state index in [0.29, 0.717) is 16.3 Å². The topological polar surface area (TPSA) is 66.5 Å². The van der Waals surface area contributed by atoms with Gasteiger partial charge < -0.3 is 5.32 Å². The third kappa shape index (κ3) is 3.72. The second kappa shape index (κ2) is 7.11. The van der Waals surface area contributed by atoms with Gasteiger partial charge in [-0.2, -0.15) is 0 Å². The van der Waals surface area contributed by atoms with Crippen LogP contribution in [0.15, 0.2) is 41.3 Å². The molecular formula is C16H16Cl2N2O3S. The van der Waals surface area contributed by atoms with Gasteiger partial charge in [-0.1, -0.05) is 35.3 Å². The maximum atomic E-state index is 12.4. The summed E-state index contributed by atoms with van der Waals surface area (Å²) in [5.74, 6) is -0.477. The summed E-state index contributed by atoms with van der Waals surface area (Å²) in [5.41, 5.74) is 1.12. The lowest BCUT2D eigenvalue weighted by atomic mass is 10.1. The molecule has 0 radical (unpaired) electrons. The van der Waals surface area contributed by atoms with Crippen LogP contribution in [-0.4, -0.2) is 32.7 Å². The molecule has 0 fully saturated rings. The van der Waals surface area contributed by atoms with E-state index in [4.69, 9.17) is 23.2 Å². The minimum absolute atomic E-state index is 0.0809. The minimum Gasteiger partial charge on any atom is -0.321 e. The molecule has 0 saturated carbocycles. The predicted molar refractivity (Wildman–Crippen MR) is 96.5 cm³/mol. The quantitative estimate of drug-likeness (QED) is 0.868. The molecule has 2 rings (SSSR count). The highest BCUT2D eigenvalue weighted by Crippen LogP contribution is 2.30. The van der Waals surface area contributed by atoms with Gasteiger partial charge in [-0.05, 0) is 36.8 Å². The normalized spacial score (nSPS) is 11.6. The van der Waals surface area contributed by atoms with Crippen LogP contribution in [-0.2, 0) is 10.0 Å². The van der Waals surface area contributed by atoms with Crippen molar-refractivity contribution in [1.82, 2.24) is 4.31 Å². The van der Waals surface area contributed by atoms with Crippen molar-refractivity contribution in [1.29, 1.82) is 0 Å². The summed E-state index contributed by atoms with van der Waals surface area (Å²) in [7, 11) is -0.770. The van der Waals surface area contributed by atoms with Gasteiger partial charge in [0, 0.05) is 19.7 Å². The molecule has 0 aromatic heterocycles. The number of halogens is 2. The number of nitrogens with zero attached hydrogens (tertiary/aromatic N) is 1. The highest BCUT2D eigenvalue weighted by atomic mass is 35.5. The Kier molecular flexibility index (Phi) is 5.55. The zero-order chi connectivity index (χ0) is 18.1. The zero-order valence-electron chi connectivity index (χ0n) is 13.3. The van der Waals surface area contributed by atoms with Crippen LogP contribution in [0.5, 0.6) is 0 Å². The van der Waals surface area contributed by atoms with Crippen LogP contribution in [0.2, 0.25) is 10.0 Å². The summed E-state index contributed by atoms with van der Waals surface area (Å²) in [4.78, 5) is 12.5. The minimum atomic E-state index is -3.65. The molecule has 1 amide bonds. The second-order valence-corrected chi connectivity index (χ2v) is 8.23. The van der Waals surface area contributed by atoms with E-state index in [1.165, 1.54) is 20.2 Å². The number of sulfonamides is 1. The van der Waals surface area contributed by atoms with Crippen LogP contribution in [0.3, 0.4) is 0 Å². The third-order valence-electron chi connectivity index (χ3n) is 3.41. The lowest BCUT2D eigenvalue weighted by Gasteiger charge is -2.15. The number of anilines is 1. The van der Waals surface area contributed by atoms with Crippen LogP contribution in [0.1, 0.15) is 15.9 Å². The number of rotatable bonds is 4. The van der Waals surface area contributed by atoms with Crippen molar-refractivity contribution in [2.45, 2.75) is 11.8 Å². The fraction of sp³-hybridized carbons (Fsp3) is 0.188. The van der Waals surface area contributed by atoms with Gasteiger partial charge in [0.25, 0.3) is 5.91 Å². The van der Waals surface area contributed by atoms with Crippen LogP contribution in [0.25, 0.3) is 0 Å². The molecule has 128 valence electrons. The molecule has 0 heterocycles. The van der Waals surface area contributed by atoms with Gasteiger partial charge in [-0.25, -0.2) is 12.7 Å². The average Bonchev–Trinajstić information content (AvgIpc) is 2.51. The van der Waals surface area contributed by atoms with Gasteiger partial charge in [0.2, 0.25) is 10.0 Å². The molecule has 0 bridgehead atoms. The smallest absolute Gasteiger partial charge is 0.255 e. The van der Waals surface area contributed by atoms with Gasteiger partial charge in [0.05, 0.1) is 20.6 Å². The lowest BCUT2D eigenvalue weighted by molar-refractivity contribution is 0.102. The predicted octanol–water partition coefficient (Wildman–Crippen LogP) is 3.80. The van der Waals surface area contributed by atoms with Gasteiger partial charge in [0.1, 0.15) is 0 Å². The van der Waals surface area contributed by atoms with Crippen molar-refractivity contribution in [3.8, 4) is 0 Å². The average molecular weight is 387 g/mol. The highest BCUT2D eigenvalue weighted by Gasteiger charge is 2.21. The molecule has 0 atom stereocenters. The summed E-state index contributed by atoms with van der Waals surface area (Å²) in [5, 5.41) is 3.17. The Labute approximate surface area is 151 Å². The molecule has 8 heteroatoms. The SMILES string of the molecule is Cc1ccc(C(=O)Nc2cccc(Cl)c2Cl)cc1S(=O)(=O)N(C)C. The van der Waals surface area contributed by atoms with Crippen LogP contribution >= 0.6 is 23.2 Å². The summed E-state index contributed by atoms with van der Waals surface area (Å²) in [6, 6.07) is 9.35. The largest absolute Gasteiger partial charge is 0.321 e. The molecule has 1 N–H and O–H groups in total. The van der Waals surface area contributed by atoms with E-state index in [9.17, 15) is 13.2 Å². The molecular weight excluding hydrogens is 371 g/mol. The maximum Gasteiger partial charge on any atom is 0.255 e. The number of nitrogens with one attached hydrogen (secondary N) is 1. The summed E-state index contributed by atoms with van der Waals surface area (Å²) in [6.45, 7) is 1.67. The van der Waals surface area contributed by atoms with Crippen molar-refractivity contribution < 1.29 is 13.2 Å². The standard InChI is InChI=1S/C16H16Cl2N2O3S/c1-10-7-8-11(9-14(10)24(22,23)20(2)3)16(21)19-13-6-4-5-12(17)15(13)18/h4-9H,1-3H3,(H,19,21). The van der Waals surface area contributed by atoms with E-state index in [1.807, 2.05) is 0 Å². The summed E-state index contributed by atoms with van der Waals surface area (Å²) in [6.07, 6.45) is 0. The summed E-state index contributed by atoms with van der Waals surface area (Å²) >= 11 is 12.0. The Morgan fingerprint density at radius 2 is 1.79 bits per heavy atom. The van der Waals surface area contributed by atoms with E-state index in [1.54, 1.807) is 37.3 Å². The monoisotopic (exact) mass is 386 g/mol. The van der Waals surface area contributed by atoms with Gasteiger partial charge in [-0.3, -0.25) is 4.79 Å². The molecule has 0 saturated heterocycles. The molecule has 0 aliphatic heterocycles. The van der Waals surface area contributed by atoms with Crippen molar-refractivity contribution >= 4 is 44.8 Å².